The quantitative estimate of drug-likeness (QED) is 0.623. The summed E-state index contributed by atoms with van der Waals surface area (Å²) in [6.45, 7) is 3.71. The standard InChI is InChI=1S/C21H24FN5O3S/c1-14-11-19(31(28,29)26-20-7-9-23-13-24-20)16(22)12-18(14)30-21(2)8-4-5-15(21)17-6-10-25-27(17)3/h6-7,9-13,15H,4-5,8H2,1-3H3,(H,23,24,26)/t15-,21-/m1/s1. The molecule has 1 aromatic carbocycles. The van der Waals surface area contributed by atoms with E-state index in [9.17, 15) is 12.8 Å². The first-order valence-electron chi connectivity index (χ1n) is 9.95. The molecule has 2 atom stereocenters. The summed E-state index contributed by atoms with van der Waals surface area (Å²) in [5.41, 5.74) is 1.04. The Balaban J connectivity index is 1.62. The van der Waals surface area contributed by atoms with Crippen molar-refractivity contribution in [3.8, 4) is 5.75 Å². The molecule has 0 spiro atoms. The SMILES string of the molecule is Cc1cc(S(=O)(=O)Nc2ccncn2)c(F)cc1O[C@]1(C)CCC[C@@H]1c1ccnn1C. The maximum absolute atomic E-state index is 14.9. The number of ether oxygens (including phenoxy) is 1. The summed E-state index contributed by atoms with van der Waals surface area (Å²) in [5, 5.41) is 4.26. The van der Waals surface area contributed by atoms with Crippen LogP contribution in [0.2, 0.25) is 0 Å². The van der Waals surface area contributed by atoms with E-state index >= 15 is 0 Å². The Morgan fingerprint density at radius 3 is 2.77 bits per heavy atom. The van der Waals surface area contributed by atoms with E-state index in [1.807, 2.05) is 24.7 Å². The number of sulfonamides is 1. The Kier molecular flexibility index (Phi) is 5.42. The summed E-state index contributed by atoms with van der Waals surface area (Å²) in [4.78, 5) is 7.09. The van der Waals surface area contributed by atoms with E-state index in [0.29, 0.717) is 11.3 Å². The first kappa shape index (κ1) is 21.2. The van der Waals surface area contributed by atoms with Gasteiger partial charge in [-0.25, -0.2) is 22.8 Å². The highest BCUT2D eigenvalue weighted by atomic mass is 32.2. The van der Waals surface area contributed by atoms with Gasteiger partial charge in [0.1, 0.15) is 34.2 Å². The van der Waals surface area contributed by atoms with Crippen molar-refractivity contribution in [2.75, 3.05) is 4.72 Å². The fourth-order valence-corrected chi connectivity index (χ4v) is 5.35. The van der Waals surface area contributed by atoms with E-state index in [-0.39, 0.29) is 11.7 Å². The van der Waals surface area contributed by atoms with Crippen molar-refractivity contribution in [1.82, 2.24) is 19.7 Å². The van der Waals surface area contributed by atoms with Crippen molar-refractivity contribution >= 4 is 15.8 Å². The van der Waals surface area contributed by atoms with Gasteiger partial charge in [0.15, 0.2) is 0 Å². The van der Waals surface area contributed by atoms with Gasteiger partial charge < -0.3 is 4.74 Å². The minimum absolute atomic E-state index is 0.0601. The minimum Gasteiger partial charge on any atom is -0.486 e. The van der Waals surface area contributed by atoms with E-state index in [2.05, 4.69) is 19.8 Å². The molecule has 0 radical (unpaired) electrons. The number of hydrogen-bond acceptors (Lipinski definition) is 6. The summed E-state index contributed by atoms with van der Waals surface area (Å²) in [7, 11) is -2.27. The van der Waals surface area contributed by atoms with Crippen molar-refractivity contribution in [2.45, 2.75) is 49.5 Å². The van der Waals surface area contributed by atoms with Crippen molar-refractivity contribution in [3.63, 3.8) is 0 Å². The lowest BCUT2D eigenvalue weighted by molar-refractivity contribution is 0.0739. The summed E-state index contributed by atoms with van der Waals surface area (Å²) in [5.74, 6) is -0.397. The van der Waals surface area contributed by atoms with Crippen LogP contribution in [0.25, 0.3) is 0 Å². The molecule has 4 rings (SSSR count). The average Bonchev–Trinajstić information content (AvgIpc) is 3.29. The molecule has 0 bridgehead atoms. The van der Waals surface area contributed by atoms with Crippen molar-refractivity contribution in [3.05, 3.63) is 60.1 Å². The van der Waals surface area contributed by atoms with Crippen LogP contribution in [0.4, 0.5) is 10.2 Å². The number of halogens is 1. The molecule has 0 saturated heterocycles. The smallest absolute Gasteiger partial charge is 0.265 e. The fourth-order valence-electron chi connectivity index (χ4n) is 4.19. The zero-order valence-corrected chi connectivity index (χ0v) is 18.4. The third kappa shape index (κ3) is 4.12. The van der Waals surface area contributed by atoms with Crippen LogP contribution in [0.15, 0.2) is 47.9 Å². The van der Waals surface area contributed by atoms with Crippen LogP contribution in [0.3, 0.4) is 0 Å². The topological polar surface area (TPSA) is 99.0 Å². The van der Waals surface area contributed by atoms with Crippen LogP contribution >= 0.6 is 0 Å². The second-order valence-corrected chi connectivity index (χ2v) is 9.64. The lowest BCUT2D eigenvalue weighted by Crippen LogP contribution is -2.36. The molecule has 0 aliphatic heterocycles. The summed E-state index contributed by atoms with van der Waals surface area (Å²) < 4.78 is 50.7. The van der Waals surface area contributed by atoms with Gasteiger partial charge in [0.25, 0.3) is 10.0 Å². The highest BCUT2D eigenvalue weighted by Crippen LogP contribution is 2.46. The molecule has 31 heavy (non-hydrogen) atoms. The van der Waals surface area contributed by atoms with Crippen LogP contribution in [0, 0.1) is 12.7 Å². The fraction of sp³-hybridized carbons (Fsp3) is 0.381. The molecule has 0 unspecified atom stereocenters. The van der Waals surface area contributed by atoms with Crippen LogP contribution in [-0.2, 0) is 17.1 Å². The molecule has 10 heteroatoms. The zero-order chi connectivity index (χ0) is 22.2. The lowest BCUT2D eigenvalue weighted by Gasteiger charge is -2.33. The van der Waals surface area contributed by atoms with Gasteiger partial charge in [-0.1, -0.05) is 0 Å². The predicted molar refractivity (Wildman–Crippen MR) is 113 cm³/mol. The van der Waals surface area contributed by atoms with Crippen LogP contribution in [-0.4, -0.2) is 33.8 Å². The molecular weight excluding hydrogens is 421 g/mol. The van der Waals surface area contributed by atoms with Crippen LogP contribution in [0.1, 0.15) is 43.4 Å². The Morgan fingerprint density at radius 1 is 1.29 bits per heavy atom. The maximum Gasteiger partial charge on any atom is 0.265 e. The largest absolute Gasteiger partial charge is 0.486 e. The van der Waals surface area contributed by atoms with Gasteiger partial charge in [-0.15, -0.1) is 0 Å². The lowest BCUT2D eigenvalue weighted by atomic mass is 9.89. The van der Waals surface area contributed by atoms with E-state index in [1.165, 1.54) is 24.7 Å². The molecular formula is C21H24FN5O3S. The monoisotopic (exact) mass is 445 g/mol. The first-order chi connectivity index (χ1) is 14.7. The van der Waals surface area contributed by atoms with Crippen molar-refractivity contribution in [2.24, 2.45) is 7.05 Å². The molecule has 1 N–H and O–H groups in total. The number of rotatable bonds is 6. The van der Waals surface area contributed by atoms with E-state index < -0.39 is 26.3 Å². The molecule has 1 fully saturated rings. The Morgan fingerprint density at radius 2 is 2.10 bits per heavy atom. The van der Waals surface area contributed by atoms with Gasteiger partial charge >= 0.3 is 0 Å². The predicted octanol–water partition coefficient (Wildman–Crippen LogP) is 3.56. The van der Waals surface area contributed by atoms with E-state index in [0.717, 1.165) is 31.0 Å². The zero-order valence-electron chi connectivity index (χ0n) is 17.5. The van der Waals surface area contributed by atoms with E-state index in [4.69, 9.17) is 4.74 Å². The van der Waals surface area contributed by atoms with Crippen molar-refractivity contribution in [1.29, 1.82) is 0 Å². The molecule has 1 saturated carbocycles. The number of benzene rings is 1. The van der Waals surface area contributed by atoms with Gasteiger partial charge in [-0.2, -0.15) is 5.10 Å². The summed E-state index contributed by atoms with van der Waals surface area (Å²) in [6, 6.07) is 5.79. The average molecular weight is 446 g/mol. The Bertz CT molecular complexity index is 1200. The third-order valence-corrected chi connectivity index (χ3v) is 7.17. The number of hydrogen-bond donors (Lipinski definition) is 1. The molecule has 2 aromatic heterocycles. The number of nitrogens with zero attached hydrogens (tertiary/aromatic N) is 4. The molecule has 3 aromatic rings. The van der Waals surface area contributed by atoms with Crippen LogP contribution in [0.5, 0.6) is 5.75 Å². The number of aryl methyl sites for hydroxylation is 2. The van der Waals surface area contributed by atoms with Gasteiger partial charge in [0, 0.05) is 37.1 Å². The molecule has 0 amide bonds. The summed E-state index contributed by atoms with van der Waals surface area (Å²) in [6.07, 6.45) is 7.07. The molecule has 8 nitrogen and oxygen atoms in total. The minimum atomic E-state index is -4.16. The molecule has 1 aliphatic rings. The second kappa shape index (κ2) is 7.92. The number of nitrogens with one attached hydrogen (secondary N) is 1. The van der Waals surface area contributed by atoms with Crippen LogP contribution < -0.4 is 9.46 Å². The van der Waals surface area contributed by atoms with E-state index in [1.54, 1.807) is 13.1 Å². The van der Waals surface area contributed by atoms with Gasteiger partial charge in [0.2, 0.25) is 0 Å². The Hall–Kier alpha value is -3.01. The molecule has 164 valence electrons. The number of aromatic nitrogens is 4. The Labute approximate surface area is 180 Å². The van der Waals surface area contributed by atoms with Gasteiger partial charge in [-0.3, -0.25) is 9.40 Å². The molecule has 1 aliphatic carbocycles. The highest BCUT2D eigenvalue weighted by molar-refractivity contribution is 7.92. The second-order valence-electron chi connectivity index (χ2n) is 7.99. The van der Waals surface area contributed by atoms with Crippen molar-refractivity contribution < 1.29 is 17.5 Å². The first-order valence-corrected chi connectivity index (χ1v) is 11.4. The summed E-state index contributed by atoms with van der Waals surface area (Å²) >= 11 is 0. The maximum atomic E-state index is 14.9. The highest BCUT2D eigenvalue weighted by Gasteiger charge is 2.43. The normalized spacial score (nSPS) is 21.2. The van der Waals surface area contributed by atoms with Gasteiger partial charge in [-0.05, 0) is 56.9 Å². The molecule has 2 heterocycles. The number of anilines is 1. The van der Waals surface area contributed by atoms with Gasteiger partial charge in [0.05, 0.1) is 0 Å². The third-order valence-electron chi connectivity index (χ3n) is 5.80.